The van der Waals surface area contributed by atoms with Crippen LogP contribution in [0.5, 0.6) is 0 Å². The number of hydrogen-bond donors (Lipinski definition) is 1. The zero-order valence-electron chi connectivity index (χ0n) is 13.7. The largest absolute Gasteiger partial charge is 0.379 e. The Bertz CT molecular complexity index is 233. The molecule has 1 aliphatic rings. The molecule has 0 radical (unpaired) electrons. The molecule has 0 bridgehead atoms. The number of ether oxygens (including phenoxy) is 1. The lowest BCUT2D eigenvalue weighted by molar-refractivity contribution is 0.00490. The number of likely N-dealkylation sites (tertiary alicyclic amines) is 1. The normalized spacial score (nSPS) is 19.3. The lowest BCUT2D eigenvalue weighted by Crippen LogP contribution is -2.40. The molecule has 3 heteroatoms. The summed E-state index contributed by atoms with van der Waals surface area (Å²) in [7, 11) is 1.81. The Balaban J connectivity index is 2.11. The second-order valence-corrected chi connectivity index (χ2v) is 7.05. The number of nitrogens with zero attached hydrogens (tertiary/aromatic N) is 1. The fourth-order valence-electron chi connectivity index (χ4n) is 2.52. The standard InChI is InChI=1S/C16H34N2O/c1-14(2)12-17-13-15-6-9-18(10-7-15)11-8-16(3,4)19-5/h14-15,17H,6-13H2,1-5H3. The van der Waals surface area contributed by atoms with E-state index < -0.39 is 0 Å². The van der Waals surface area contributed by atoms with Gasteiger partial charge in [0, 0.05) is 13.7 Å². The van der Waals surface area contributed by atoms with Crippen molar-refractivity contribution in [3.63, 3.8) is 0 Å². The molecule has 0 aliphatic carbocycles. The van der Waals surface area contributed by atoms with Gasteiger partial charge in [-0.1, -0.05) is 13.8 Å². The first-order valence-electron chi connectivity index (χ1n) is 7.91. The molecule has 19 heavy (non-hydrogen) atoms. The predicted octanol–water partition coefficient (Wildman–Crippen LogP) is 2.76. The van der Waals surface area contributed by atoms with Crippen molar-refractivity contribution < 1.29 is 4.74 Å². The maximum atomic E-state index is 5.49. The summed E-state index contributed by atoms with van der Waals surface area (Å²) in [6, 6.07) is 0. The minimum absolute atomic E-state index is 0.0235. The first-order valence-corrected chi connectivity index (χ1v) is 7.91. The predicted molar refractivity (Wildman–Crippen MR) is 82.6 cm³/mol. The zero-order chi connectivity index (χ0) is 14.3. The Morgan fingerprint density at radius 1 is 1.26 bits per heavy atom. The van der Waals surface area contributed by atoms with Crippen molar-refractivity contribution >= 4 is 0 Å². The Hall–Kier alpha value is -0.120. The van der Waals surface area contributed by atoms with Crippen LogP contribution >= 0.6 is 0 Å². The number of piperidine rings is 1. The number of methoxy groups -OCH3 is 1. The summed E-state index contributed by atoms with van der Waals surface area (Å²) in [6.45, 7) is 14.9. The van der Waals surface area contributed by atoms with Gasteiger partial charge in [0.05, 0.1) is 5.60 Å². The minimum atomic E-state index is 0.0235. The van der Waals surface area contributed by atoms with E-state index in [1.54, 1.807) is 0 Å². The van der Waals surface area contributed by atoms with Crippen LogP contribution in [0.15, 0.2) is 0 Å². The Kier molecular flexibility index (Phi) is 7.33. The van der Waals surface area contributed by atoms with E-state index >= 15 is 0 Å². The number of hydrogen-bond acceptors (Lipinski definition) is 3. The van der Waals surface area contributed by atoms with Gasteiger partial charge in [0.15, 0.2) is 0 Å². The highest BCUT2D eigenvalue weighted by Crippen LogP contribution is 2.19. The van der Waals surface area contributed by atoms with E-state index in [2.05, 4.69) is 37.9 Å². The second-order valence-electron chi connectivity index (χ2n) is 7.05. The molecule has 0 aromatic heterocycles. The summed E-state index contributed by atoms with van der Waals surface area (Å²) in [5, 5.41) is 3.60. The van der Waals surface area contributed by atoms with E-state index in [1.807, 2.05) is 7.11 Å². The third-order valence-electron chi connectivity index (χ3n) is 4.28. The van der Waals surface area contributed by atoms with Crippen LogP contribution in [0.3, 0.4) is 0 Å². The second kappa shape index (κ2) is 8.23. The lowest BCUT2D eigenvalue weighted by Gasteiger charge is -2.34. The van der Waals surface area contributed by atoms with E-state index in [0.717, 1.165) is 24.8 Å². The molecule has 0 unspecified atom stereocenters. The molecule has 1 aliphatic heterocycles. The highest BCUT2D eigenvalue weighted by atomic mass is 16.5. The smallest absolute Gasteiger partial charge is 0.0634 e. The van der Waals surface area contributed by atoms with Gasteiger partial charge in [-0.25, -0.2) is 0 Å². The van der Waals surface area contributed by atoms with Crippen LogP contribution in [0, 0.1) is 11.8 Å². The molecule has 0 aromatic carbocycles. The van der Waals surface area contributed by atoms with Gasteiger partial charge in [-0.2, -0.15) is 0 Å². The SMILES string of the molecule is COC(C)(C)CCN1CCC(CNCC(C)C)CC1. The van der Waals surface area contributed by atoms with Crippen molar-refractivity contribution in [3.05, 3.63) is 0 Å². The van der Waals surface area contributed by atoms with Crippen LogP contribution in [-0.2, 0) is 4.74 Å². The molecule has 0 amide bonds. The van der Waals surface area contributed by atoms with Crippen LogP contribution in [0.25, 0.3) is 0 Å². The molecule has 0 saturated carbocycles. The number of nitrogens with one attached hydrogen (secondary N) is 1. The highest BCUT2D eigenvalue weighted by Gasteiger charge is 2.22. The first kappa shape index (κ1) is 16.9. The highest BCUT2D eigenvalue weighted by molar-refractivity contribution is 4.77. The molecule has 1 fully saturated rings. The van der Waals surface area contributed by atoms with E-state index in [-0.39, 0.29) is 5.60 Å². The van der Waals surface area contributed by atoms with Crippen LogP contribution in [0.4, 0.5) is 0 Å². The van der Waals surface area contributed by atoms with Gasteiger partial charge in [-0.3, -0.25) is 0 Å². The summed E-state index contributed by atoms with van der Waals surface area (Å²) in [4.78, 5) is 2.60. The third kappa shape index (κ3) is 7.28. The van der Waals surface area contributed by atoms with Crippen molar-refractivity contribution in [2.75, 3.05) is 39.8 Å². The van der Waals surface area contributed by atoms with E-state index in [1.165, 1.54) is 39.0 Å². The number of rotatable bonds is 8. The van der Waals surface area contributed by atoms with Crippen LogP contribution in [-0.4, -0.2) is 50.3 Å². The summed E-state index contributed by atoms with van der Waals surface area (Å²) in [5.74, 6) is 1.64. The molecule has 3 nitrogen and oxygen atoms in total. The molecule has 0 aromatic rings. The van der Waals surface area contributed by atoms with Crippen molar-refractivity contribution in [2.24, 2.45) is 11.8 Å². The summed E-state index contributed by atoms with van der Waals surface area (Å²) in [6.07, 6.45) is 3.82. The molecule has 1 rings (SSSR count). The maximum absolute atomic E-state index is 5.49. The van der Waals surface area contributed by atoms with Gasteiger partial charge in [-0.15, -0.1) is 0 Å². The molecule has 1 saturated heterocycles. The van der Waals surface area contributed by atoms with Crippen LogP contribution in [0.1, 0.15) is 47.0 Å². The quantitative estimate of drug-likeness (QED) is 0.734. The topological polar surface area (TPSA) is 24.5 Å². The van der Waals surface area contributed by atoms with E-state index in [4.69, 9.17) is 4.74 Å². The maximum Gasteiger partial charge on any atom is 0.0634 e. The van der Waals surface area contributed by atoms with Crippen molar-refractivity contribution in [2.45, 2.75) is 52.6 Å². The van der Waals surface area contributed by atoms with Crippen LogP contribution in [0.2, 0.25) is 0 Å². The lowest BCUT2D eigenvalue weighted by atomic mass is 9.95. The molecular weight excluding hydrogens is 236 g/mol. The Morgan fingerprint density at radius 3 is 2.42 bits per heavy atom. The van der Waals surface area contributed by atoms with Crippen molar-refractivity contribution in [1.82, 2.24) is 10.2 Å². The molecule has 1 N–H and O–H groups in total. The van der Waals surface area contributed by atoms with Gasteiger partial charge in [0.1, 0.15) is 0 Å². The monoisotopic (exact) mass is 270 g/mol. The first-order chi connectivity index (χ1) is 8.93. The fourth-order valence-corrected chi connectivity index (χ4v) is 2.52. The summed E-state index contributed by atoms with van der Waals surface area (Å²) < 4.78 is 5.49. The zero-order valence-corrected chi connectivity index (χ0v) is 13.7. The van der Waals surface area contributed by atoms with Gasteiger partial charge in [0.2, 0.25) is 0 Å². The minimum Gasteiger partial charge on any atom is -0.379 e. The average molecular weight is 270 g/mol. The van der Waals surface area contributed by atoms with Crippen molar-refractivity contribution in [1.29, 1.82) is 0 Å². The van der Waals surface area contributed by atoms with E-state index in [9.17, 15) is 0 Å². The van der Waals surface area contributed by atoms with Crippen LogP contribution < -0.4 is 5.32 Å². The molecule has 0 atom stereocenters. The average Bonchev–Trinajstić information content (AvgIpc) is 2.37. The molecule has 114 valence electrons. The summed E-state index contributed by atoms with van der Waals surface area (Å²) in [5.41, 5.74) is 0.0235. The molecule has 1 heterocycles. The van der Waals surface area contributed by atoms with Crippen molar-refractivity contribution in [3.8, 4) is 0 Å². The summed E-state index contributed by atoms with van der Waals surface area (Å²) >= 11 is 0. The van der Waals surface area contributed by atoms with Gasteiger partial charge in [-0.05, 0) is 71.1 Å². The molecular formula is C16H34N2O. The van der Waals surface area contributed by atoms with Gasteiger partial charge < -0.3 is 15.0 Å². The van der Waals surface area contributed by atoms with E-state index in [0.29, 0.717) is 0 Å². The fraction of sp³-hybridized carbons (Fsp3) is 1.00. The Labute approximate surface area is 120 Å². The molecule has 0 spiro atoms. The Morgan fingerprint density at radius 2 is 1.89 bits per heavy atom. The van der Waals surface area contributed by atoms with Gasteiger partial charge >= 0.3 is 0 Å². The third-order valence-corrected chi connectivity index (χ3v) is 4.28. The van der Waals surface area contributed by atoms with Gasteiger partial charge in [0.25, 0.3) is 0 Å².